The highest BCUT2D eigenvalue weighted by atomic mass is 32.2. The van der Waals surface area contributed by atoms with Gasteiger partial charge in [-0.1, -0.05) is 36.4 Å². The van der Waals surface area contributed by atoms with Crippen molar-refractivity contribution >= 4 is 15.7 Å². The molecule has 0 radical (unpaired) electrons. The highest BCUT2D eigenvalue weighted by Gasteiger charge is 2.46. The van der Waals surface area contributed by atoms with Crippen LogP contribution in [0.1, 0.15) is 22.3 Å². The Kier molecular flexibility index (Phi) is 5.27. The standard InChI is InChI=1S/C22H24N2O5S/c1-15-7-8-16(2)20(13-15)30(27,28)23-19-14-21-22(26,18-6-4-3-5-17(18)19)29-12-10-24(21)9-11-25/h3-8,13-14,25-26H,9-12H2,1-2H3/t22-/m1/s1. The number of morpholine rings is 1. The van der Waals surface area contributed by atoms with Crippen molar-refractivity contribution in [3.8, 4) is 0 Å². The second-order valence-corrected chi connectivity index (χ2v) is 9.07. The molecule has 30 heavy (non-hydrogen) atoms. The number of sulfonamides is 1. The van der Waals surface area contributed by atoms with E-state index in [1.54, 1.807) is 54.3 Å². The molecule has 0 bridgehead atoms. The van der Waals surface area contributed by atoms with Crippen molar-refractivity contribution in [1.82, 2.24) is 4.90 Å². The molecule has 158 valence electrons. The van der Waals surface area contributed by atoms with E-state index in [4.69, 9.17) is 4.74 Å². The number of nitrogens with zero attached hydrogens (tertiary/aromatic N) is 2. The fourth-order valence-corrected chi connectivity index (χ4v) is 5.24. The van der Waals surface area contributed by atoms with E-state index < -0.39 is 15.8 Å². The highest BCUT2D eigenvalue weighted by Crippen LogP contribution is 2.41. The van der Waals surface area contributed by atoms with Crippen molar-refractivity contribution in [1.29, 1.82) is 0 Å². The van der Waals surface area contributed by atoms with Crippen LogP contribution in [0.15, 0.2) is 63.5 Å². The molecule has 2 aromatic rings. The summed E-state index contributed by atoms with van der Waals surface area (Å²) in [5.41, 5.74) is 2.95. The van der Waals surface area contributed by atoms with Crippen LogP contribution < -0.4 is 0 Å². The van der Waals surface area contributed by atoms with E-state index in [0.29, 0.717) is 28.9 Å². The molecule has 1 saturated heterocycles. The summed E-state index contributed by atoms with van der Waals surface area (Å²) in [5, 5.41) is 20.8. The molecule has 1 fully saturated rings. The van der Waals surface area contributed by atoms with Gasteiger partial charge in [0.2, 0.25) is 5.79 Å². The van der Waals surface area contributed by atoms with Gasteiger partial charge in [-0.3, -0.25) is 0 Å². The van der Waals surface area contributed by atoms with Crippen molar-refractivity contribution < 1.29 is 23.4 Å². The summed E-state index contributed by atoms with van der Waals surface area (Å²) < 4.78 is 36.2. The van der Waals surface area contributed by atoms with Crippen LogP contribution in [-0.2, 0) is 20.5 Å². The van der Waals surface area contributed by atoms with Crippen LogP contribution in [0.25, 0.3) is 0 Å². The number of aliphatic hydroxyl groups excluding tert-OH is 1. The molecule has 1 aliphatic carbocycles. The summed E-state index contributed by atoms with van der Waals surface area (Å²) in [6, 6.07) is 12.1. The second kappa shape index (κ2) is 7.63. The zero-order valence-corrected chi connectivity index (χ0v) is 17.7. The number of benzene rings is 2. The van der Waals surface area contributed by atoms with Crippen LogP contribution in [0.5, 0.6) is 0 Å². The predicted molar refractivity (Wildman–Crippen MR) is 113 cm³/mol. The van der Waals surface area contributed by atoms with Gasteiger partial charge in [0.1, 0.15) is 0 Å². The molecule has 0 amide bonds. The quantitative estimate of drug-likeness (QED) is 0.771. The molecule has 7 nitrogen and oxygen atoms in total. The van der Waals surface area contributed by atoms with Crippen LogP contribution in [-0.4, -0.2) is 55.5 Å². The van der Waals surface area contributed by atoms with Gasteiger partial charge in [-0.05, 0) is 37.1 Å². The van der Waals surface area contributed by atoms with E-state index in [9.17, 15) is 18.6 Å². The van der Waals surface area contributed by atoms with Crippen LogP contribution in [0, 0.1) is 13.8 Å². The molecule has 2 aromatic carbocycles. The van der Waals surface area contributed by atoms with Gasteiger partial charge >= 0.3 is 0 Å². The average Bonchev–Trinajstić information content (AvgIpc) is 2.71. The summed E-state index contributed by atoms with van der Waals surface area (Å²) in [6.07, 6.45) is 1.54. The first-order valence-electron chi connectivity index (χ1n) is 9.73. The number of ether oxygens (including phenoxy) is 1. The molecule has 1 aliphatic heterocycles. The van der Waals surface area contributed by atoms with Crippen molar-refractivity contribution in [3.63, 3.8) is 0 Å². The first-order chi connectivity index (χ1) is 14.3. The molecule has 2 N–H and O–H groups in total. The maximum atomic E-state index is 13.2. The Morgan fingerprint density at radius 1 is 1.20 bits per heavy atom. The molecule has 0 spiro atoms. The smallest absolute Gasteiger partial charge is 0.283 e. The zero-order chi connectivity index (χ0) is 21.5. The Balaban J connectivity index is 1.91. The first kappa shape index (κ1) is 20.7. The molecule has 0 saturated carbocycles. The van der Waals surface area contributed by atoms with Crippen molar-refractivity contribution in [2.45, 2.75) is 24.5 Å². The van der Waals surface area contributed by atoms with Crippen LogP contribution in [0.3, 0.4) is 0 Å². The number of fused-ring (bicyclic) bond motifs is 3. The molecular formula is C22H24N2O5S. The van der Waals surface area contributed by atoms with E-state index >= 15 is 0 Å². The molecule has 0 unspecified atom stereocenters. The summed E-state index contributed by atoms with van der Waals surface area (Å²) in [5.74, 6) is -1.72. The Morgan fingerprint density at radius 3 is 2.73 bits per heavy atom. The van der Waals surface area contributed by atoms with E-state index in [-0.39, 0.29) is 30.4 Å². The van der Waals surface area contributed by atoms with Gasteiger partial charge in [0.15, 0.2) is 0 Å². The lowest BCUT2D eigenvalue weighted by molar-refractivity contribution is -0.219. The minimum atomic E-state index is -3.99. The molecule has 1 heterocycles. The van der Waals surface area contributed by atoms with E-state index in [1.807, 2.05) is 13.0 Å². The van der Waals surface area contributed by atoms with E-state index in [0.717, 1.165) is 5.56 Å². The predicted octanol–water partition coefficient (Wildman–Crippen LogP) is 1.85. The van der Waals surface area contributed by atoms with Crippen molar-refractivity contribution in [2.75, 3.05) is 26.3 Å². The highest BCUT2D eigenvalue weighted by molar-refractivity contribution is 7.90. The van der Waals surface area contributed by atoms with Gasteiger partial charge in [0, 0.05) is 24.2 Å². The Morgan fingerprint density at radius 2 is 1.97 bits per heavy atom. The fraction of sp³-hybridized carbons (Fsp3) is 0.318. The molecule has 8 heteroatoms. The summed E-state index contributed by atoms with van der Waals surface area (Å²) in [6.45, 7) is 4.48. The van der Waals surface area contributed by atoms with Crippen LogP contribution in [0.2, 0.25) is 0 Å². The second-order valence-electron chi connectivity index (χ2n) is 7.50. The van der Waals surface area contributed by atoms with Gasteiger partial charge in [0.25, 0.3) is 10.0 Å². The maximum absolute atomic E-state index is 13.2. The van der Waals surface area contributed by atoms with Gasteiger partial charge < -0.3 is 19.8 Å². The third-order valence-corrected chi connectivity index (χ3v) is 6.84. The maximum Gasteiger partial charge on any atom is 0.283 e. The number of allylic oxidation sites excluding steroid dienone is 1. The number of hydrogen-bond donors (Lipinski definition) is 2. The lowest BCUT2D eigenvalue weighted by atomic mass is 9.86. The number of hydrogen-bond acceptors (Lipinski definition) is 6. The Hall–Kier alpha value is -2.52. The van der Waals surface area contributed by atoms with Crippen molar-refractivity contribution in [2.24, 2.45) is 4.40 Å². The normalized spacial score (nSPS) is 22.5. The van der Waals surface area contributed by atoms with Gasteiger partial charge in [-0.15, -0.1) is 0 Å². The minimum Gasteiger partial charge on any atom is -0.395 e. The molecule has 4 rings (SSSR count). The molecule has 2 aliphatic rings. The third-order valence-electron chi connectivity index (χ3n) is 5.41. The SMILES string of the molecule is Cc1ccc(C)c(S(=O)(=O)N=C2C=C3N(CCO)CCO[C@]3(O)c3ccccc32)c1. The number of β-amino-alcohol motifs (C(OH)–C–C–N with tert-alkyl or cyclic N) is 1. The van der Waals surface area contributed by atoms with Crippen LogP contribution >= 0.6 is 0 Å². The molecule has 0 aromatic heterocycles. The van der Waals surface area contributed by atoms with Crippen molar-refractivity contribution in [3.05, 3.63) is 76.5 Å². The Bertz CT molecular complexity index is 1150. The monoisotopic (exact) mass is 428 g/mol. The number of aryl methyl sites for hydroxylation is 2. The van der Waals surface area contributed by atoms with Crippen LogP contribution in [0.4, 0.5) is 0 Å². The summed E-state index contributed by atoms with van der Waals surface area (Å²) in [7, 11) is -3.99. The first-order valence-corrected chi connectivity index (χ1v) is 11.2. The summed E-state index contributed by atoms with van der Waals surface area (Å²) in [4.78, 5) is 1.94. The zero-order valence-electron chi connectivity index (χ0n) is 16.9. The summed E-state index contributed by atoms with van der Waals surface area (Å²) >= 11 is 0. The van der Waals surface area contributed by atoms with Gasteiger partial charge in [-0.2, -0.15) is 12.8 Å². The molecule has 1 atom stereocenters. The lowest BCUT2D eigenvalue weighted by Gasteiger charge is -2.45. The van der Waals surface area contributed by atoms with E-state index in [1.165, 1.54) is 0 Å². The number of aliphatic hydroxyl groups is 2. The Labute approximate surface area is 176 Å². The average molecular weight is 429 g/mol. The van der Waals surface area contributed by atoms with Gasteiger partial charge in [-0.25, -0.2) is 0 Å². The number of rotatable bonds is 4. The van der Waals surface area contributed by atoms with Gasteiger partial charge in [0.05, 0.1) is 29.5 Å². The van der Waals surface area contributed by atoms with E-state index in [2.05, 4.69) is 4.40 Å². The largest absolute Gasteiger partial charge is 0.395 e. The third kappa shape index (κ3) is 3.45. The fourth-order valence-electron chi connectivity index (χ4n) is 3.92. The lowest BCUT2D eigenvalue weighted by Crippen LogP contribution is -2.50. The topological polar surface area (TPSA) is 99.4 Å². The molecular weight excluding hydrogens is 404 g/mol. The minimum absolute atomic E-state index is 0.109.